The molecule has 1 aromatic carbocycles. The number of nitrogens with one attached hydrogen (secondary N) is 1. The van der Waals surface area contributed by atoms with Crippen LogP contribution in [0.15, 0.2) is 21.3 Å². The molecule has 168 valence electrons. The number of rotatable bonds is 6. The lowest BCUT2D eigenvalue weighted by molar-refractivity contribution is -0.120. The third kappa shape index (κ3) is 4.28. The Balaban J connectivity index is 1.49. The van der Waals surface area contributed by atoms with Crippen LogP contribution in [0.1, 0.15) is 43.2 Å². The lowest BCUT2D eigenvalue weighted by atomic mass is 9.83. The highest BCUT2D eigenvalue weighted by Crippen LogP contribution is 2.36. The van der Waals surface area contributed by atoms with Gasteiger partial charge in [0.1, 0.15) is 0 Å². The first-order chi connectivity index (χ1) is 15.0. The highest BCUT2D eigenvalue weighted by molar-refractivity contribution is 5.89. The molecule has 0 bridgehead atoms. The maximum atomic E-state index is 12.7. The summed E-state index contributed by atoms with van der Waals surface area (Å²) in [5.74, 6) is 1.23. The van der Waals surface area contributed by atoms with Gasteiger partial charge in [0, 0.05) is 18.0 Å². The van der Waals surface area contributed by atoms with Crippen LogP contribution in [0.5, 0.6) is 11.5 Å². The molecule has 1 N–H and O–H groups in total. The summed E-state index contributed by atoms with van der Waals surface area (Å²) in [5.41, 5.74) is 0.953. The van der Waals surface area contributed by atoms with Crippen LogP contribution in [0, 0.1) is 12.8 Å². The van der Waals surface area contributed by atoms with Gasteiger partial charge in [0.25, 0.3) is 0 Å². The number of carbonyl (C=O) groups is 1. The molecule has 1 aromatic heterocycles. The van der Waals surface area contributed by atoms with E-state index >= 15 is 0 Å². The van der Waals surface area contributed by atoms with E-state index < -0.39 is 5.63 Å². The van der Waals surface area contributed by atoms with E-state index in [9.17, 15) is 9.59 Å². The van der Waals surface area contributed by atoms with Crippen molar-refractivity contribution in [3.63, 3.8) is 0 Å². The molecule has 3 heterocycles. The van der Waals surface area contributed by atoms with Gasteiger partial charge < -0.3 is 24.1 Å². The molecule has 2 fully saturated rings. The van der Waals surface area contributed by atoms with Crippen LogP contribution in [-0.4, -0.2) is 50.7 Å². The quantitative estimate of drug-likeness (QED) is 0.713. The average molecular weight is 429 g/mol. The number of carbonyl (C=O) groups excluding carboxylic acids is 1. The van der Waals surface area contributed by atoms with Gasteiger partial charge in [-0.05, 0) is 69.3 Å². The SMILES string of the molecule is COc1ccc2c(C)c(CC(=O)NC[C@H]3CCCN4CCCC[C@@H]34)c(=O)oc2c1OC. The van der Waals surface area contributed by atoms with Gasteiger partial charge in [-0.2, -0.15) is 0 Å². The summed E-state index contributed by atoms with van der Waals surface area (Å²) < 4.78 is 16.2. The Hall–Kier alpha value is -2.54. The van der Waals surface area contributed by atoms with Crippen LogP contribution >= 0.6 is 0 Å². The first-order valence-electron chi connectivity index (χ1n) is 11.2. The van der Waals surface area contributed by atoms with Gasteiger partial charge in [-0.15, -0.1) is 0 Å². The second kappa shape index (κ2) is 9.30. The second-order valence-corrected chi connectivity index (χ2v) is 8.65. The van der Waals surface area contributed by atoms with Crippen LogP contribution in [0.2, 0.25) is 0 Å². The fourth-order valence-corrected chi connectivity index (χ4v) is 5.25. The summed E-state index contributed by atoms with van der Waals surface area (Å²) in [5, 5.41) is 3.83. The summed E-state index contributed by atoms with van der Waals surface area (Å²) in [6, 6.07) is 4.19. The molecule has 0 aliphatic carbocycles. The van der Waals surface area contributed by atoms with Crippen molar-refractivity contribution in [3.8, 4) is 11.5 Å². The summed E-state index contributed by atoms with van der Waals surface area (Å²) in [4.78, 5) is 28.0. The first kappa shape index (κ1) is 21.7. The maximum absolute atomic E-state index is 12.7. The molecule has 1 amide bonds. The van der Waals surface area contributed by atoms with Gasteiger partial charge in [0.2, 0.25) is 11.7 Å². The molecule has 4 rings (SSSR count). The molecule has 2 atom stereocenters. The number of amides is 1. The third-order valence-electron chi connectivity index (χ3n) is 6.93. The van der Waals surface area contributed by atoms with Crippen molar-refractivity contribution in [2.75, 3.05) is 33.9 Å². The molecular weight excluding hydrogens is 396 g/mol. The Morgan fingerprint density at radius 3 is 2.74 bits per heavy atom. The third-order valence-corrected chi connectivity index (χ3v) is 6.93. The van der Waals surface area contributed by atoms with Crippen LogP contribution in [0.3, 0.4) is 0 Å². The number of nitrogens with zero attached hydrogens (tertiary/aromatic N) is 1. The van der Waals surface area contributed by atoms with Crippen molar-refractivity contribution < 1.29 is 18.7 Å². The molecular formula is C24H32N2O5. The molecule has 7 nitrogen and oxygen atoms in total. The Kier molecular flexibility index (Phi) is 6.51. The van der Waals surface area contributed by atoms with Gasteiger partial charge in [-0.1, -0.05) is 6.42 Å². The molecule has 0 radical (unpaired) electrons. The van der Waals surface area contributed by atoms with E-state index in [4.69, 9.17) is 13.9 Å². The van der Waals surface area contributed by atoms with Gasteiger partial charge in [0.05, 0.1) is 26.2 Å². The van der Waals surface area contributed by atoms with Crippen molar-refractivity contribution in [1.82, 2.24) is 10.2 Å². The fraction of sp³-hybridized carbons (Fsp3) is 0.583. The van der Waals surface area contributed by atoms with Crippen molar-refractivity contribution in [2.24, 2.45) is 5.92 Å². The zero-order chi connectivity index (χ0) is 22.0. The van der Waals surface area contributed by atoms with Crippen molar-refractivity contribution in [2.45, 2.75) is 51.5 Å². The largest absolute Gasteiger partial charge is 0.493 e. The number of hydrogen-bond acceptors (Lipinski definition) is 6. The lowest BCUT2D eigenvalue weighted by Gasteiger charge is -2.44. The van der Waals surface area contributed by atoms with E-state index in [0.717, 1.165) is 17.4 Å². The zero-order valence-corrected chi connectivity index (χ0v) is 18.7. The minimum Gasteiger partial charge on any atom is -0.493 e. The number of fused-ring (bicyclic) bond motifs is 2. The van der Waals surface area contributed by atoms with Crippen LogP contribution in [0.4, 0.5) is 0 Å². The normalized spacial score (nSPS) is 21.5. The zero-order valence-electron chi connectivity index (χ0n) is 18.7. The van der Waals surface area contributed by atoms with Crippen LogP contribution in [-0.2, 0) is 11.2 Å². The van der Waals surface area contributed by atoms with E-state index in [1.54, 1.807) is 6.07 Å². The van der Waals surface area contributed by atoms with Crippen LogP contribution in [0.25, 0.3) is 11.0 Å². The molecule has 2 aromatic rings. The Bertz CT molecular complexity index is 1010. The molecule has 2 saturated heterocycles. The highest BCUT2D eigenvalue weighted by atomic mass is 16.5. The highest BCUT2D eigenvalue weighted by Gasteiger charge is 2.33. The molecule has 7 heteroatoms. The van der Waals surface area contributed by atoms with Gasteiger partial charge in [0.15, 0.2) is 11.3 Å². The second-order valence-electron chi connectivity index (χ2n) is 8.65. The van der Waals surface area contributed by atoms with E-state index in [1.807, 2.05) is 13.0 Å². The predicted molar refractivity (Wildman–Crippen MR) is 119 cm³/mol. The number of piperidine rings is 2. The van der Waals surface area contributed by atoms with Gasteiger partial charge >= 0.3 is 5.63 Å². The van der Waals surface area contributed by atoms with Gasteiger partial charge in [-0.25, -0.2) is 4.79 Å². The molecule has 0 unspecified atom stereocenters. The Labute approximate surface area is 182 Å². The monoisotopic (exact) mass is 428 g/mol. The number of ether oxygens (including phenoxy) is 2. The molecule has 0 spiro atoms. The Morgan fingerprint density at radius 1 is 1.16 bits per heavy atom. The van der Waals surface area contributed by atoms with Crippen molar-refractivity contribution in [1.29, 1.82) is 0 Å². The smallest absolute Gasteiger partial charge is 0.340 e. The minimum atomic E-state index is -0.511. The standard InChI is InChI=1S/C24H32N2O5/c1-15-17-9-10-20(29-2)23(30-3)22(17)31-24(28)18(15)13-21(27)25-14-16-7-6-12-26-11-5-4-8-19(16)26/h9-10,16,19H,4-8,11-14H2,1-3H3,(H,25,27)/t16-,19+/m1/s1. The predicted octanol–water partition coefficient (Wildman–Crippen LogP) is 3.04. The summed E-state index contributed by atoms with van der Waals surface area (Å²) in [6.45, 7) is 4.87. The van der Waals surface area contributed by atoms with E-state index in [2.05, 4.69) is 10.2 Å². The first-order valence-corrected chi connectivity index (χ1v) is 11.2. The number of benzene rings is 1. The number of aryl methyl sites for hydroxylation is 1. The minimum absolute atomic E-state index is 0.0134. The van der Waals surface area contributed by atoms with Gasteiger partial charge in [-0.3, -0.25) is 4.79 Å². The van der Waals surface area contributed by atoms with Crippen LogP contribution < -0.4 is 20.4 Å². The molecule has 2 aliphatic rings. The summed E-state index contributed by atoms with van der Waals surface area (Å²) >= 11 is 0. The molecule has 0 saturated carbocycles. The molecule has 2 aliphatic heterocycles. The lowest BCUT2D eigenvalue weighted by Crippen LogP contribution is -2.51. The fourth-order valence-electron chi connectivity index (χ4n) is 5.25. The maximum Gasteiger partial charge on any atom is 0.340 e. The average Bonchev–Trinajstić information content (AvgIpc) is 2.79. The summed E-state index contributed by atoms with van der Waals surface area (Å²) in [7, 11) is 3.04. The van der Waals surface area contributed by atoms with E-state index in [0.29, 0.717) is 41.1 Å². The summed E-state index contributed by atoms with van der Waals surface area (Å²) in [6.07, 6.45) is 6.13. The topological polar surface area (TPSA) is 81.0 Å². The van der Waals surface area contributed by atoms with E-state index in [-0.39, 0.29) is 12.3 Å². The van der Waals surface area contributed by atoms with E-state index in [1.165, 1.54) is 53.0 Å². The van der Waals surface area contributed by atoms with Crippen molar-refractivity contribution in [3.05, 3.63) is 33.7 Å². The Morgan fingerprint density at radius 2 is 1.97 bits per heavy atom. The number of hydrogen-bond donors (Lipinski definition) is 1. The van der Waals surface area contributed by atoms with Crippen molar-refractivity contribution >= 4 is 16.9 Å². The number of methoxy groups -OCH3 is 2. The molecule has 31 heavy (non-hydrogen) atoms.